The van der Waals surface area contributed by atoms with Crippen molar-refractivity contribution in [3.05, 3.63) is 46.3 Å². The van der Waals surface area contributed by atoms with Gasteiger partial charge in [-0.1, -0.05) is 6.07 Å². The normalized spacial score (nSPS) is 16.8. The number of piperazine rings is 1. The van der Waals surface area contributed by atoms with Crippen LogP contribution in [-0.4, -0.2) is 81.1 Å². The maximum Gasteiger partial charge on any atom is 0.252 e. The fourth-order valence-electron chi connectivity index (χ4n) is 3.25. The second kappa shape index (κ2) is 8.55. The van der Waals surface area contributed by atoms with Crippen molar-refractivity contribution in [1.82, 2.24) is 40.7 Å². The van der Waals surface area contributed by atoms with E-state index in [0.717, 1.165) is 26.2 Å². The Bertz CT molecular complexity index is 873. The highest BCUT2D eigenvalue weighted by Gasteiger charge is 2.25. The molecule has 3 aromatic rings. The molecule has 28 heavy (non-hydrogen) atoms. The van der Waals surface area contributed by atoms with Crippen molar-refractivity contribution in [2.45, 2.75) is 6.04 Å². The van der Waals surface area contributed by atoms with Gasteiger partial charge in [0.2, 0.25) is 5.82 Å². The largest absolute Gasteiger partial charge is 0.350 e. The Morgan fingerprint density at radius 1 is 1.29 bits per heavy atom. The van der Waals surface area contributed by atoms with E-state index in [2.05, 4.69) is 65.3 Å². The lowest BCUT2D eigenvalue weighted by Gasteiger charge is -2.37. The third-order valence-electron chi connectivity index (χ3n) is 4.91. The van der Waals surface area contributed by atoms with Crippen molar-refractivity contribution in [2.75, 3.05) is 39.8 Å². The second-order valence-corrected chi connectivity index (χ2v) is 7.73. The van der Waals surface area contributed by atoms with Gasteiger partial charge in [-0.3, -0.25) is 14.7 Å². The van der Waals surface area contributed by atoms with E-state index in [9.17, 15) is 4.79 Å². The minimum absolute atomic E-state index is 0.136. The molecule has 0 saturated carbocycles. The molecule has 0 bridgehead atoms. The minimum atomic E-state index is -0.136. The number of carbonyl (C=O) groups excluding carboxylic acids is 1. The van der Waals surface area contributed by atoms with Crippen LogP contribution in [0, 0.1) is 0 Å². The van der Waals surface area contributed by atoms with E-state index in [4.69, 9.17) is 0 Å². The Labute approximate surface area is 166 Å². The Balaban J connectivity index is 1.41. The summed E-state index contributed by atoms with van der Waals surface area (Å²) in [4.78, 5) is 22.9. The number of amides is 1. The number of aromatic nitrogens is 5. The van der Waals surface area contributed by atoms with E-state index in [1.165, 1.54) is 11.1 Å². The molecule has 1 atom stereocenters. The van der Waals surface area contributed by atoms with Gasteiger partial charge in [-0.15, -0.1) is 21.5 Å². The average molecular weight is 398 g/mol. The highest BCUT2D eigenvalue weighted by molar-refractivity contribution is 7.10. The van der Waals surface area contributed by atoms with E-state index in [1.54, 1.807) is 23.5 Å². The molecule has 1 fully saturated rings. The lowest BCUT2D eigenvalue weighted by atomic mass is 10.1. The van der Waals surface area contributed by atoms with Crippen molar-refractivity contribution in [3.63, 3.8) is 0 Å². The highest BCUT2D eigenvalue weighted by Crippen LogP contribution is 2.25. The highest BCUT2D eigenvalue weighted by atomic mass is 32.1. The number of rotatable bonds is 6. The first kappa shape index (κ1) is 18.7. The van der Waals surface area contributed by atoms with Crippen molar-refractivity contribution < 1.29 is 4.79 Å². The van der Waals surface area contributed by atoms with Crippen molar-refractivity contribution in [1.29, 1.82) is 0 Å². The first-order chi connectivity index (χ1) is 13.7. The zero-order valence-corrected chi connectivity index (χ0v) is 16.4. The molecule has 1 amide bonds. The maximum atomic E-state index is 12.6. The van der Waals surface area contributed by atoms with Crippen molar-refractivity contribution >= 4 is 17.2 Å². The molecule has 4 rings (SSSR count). The quantitative estimate of drug-likeness (QED) is 0.639. The number of thiophene rings is 1. The van der Waals surface area contributed by atoms with Crippen LogP contribution < -0.4 is 5.32 Å². The van der Waals surface area contributed by atoms with Crippen LogP contribution in [0.4, 0.5) is 0 Å². The van der Waals surface area contributed by atoms with Gasteiger partial charge in [0.15, 0.2) is 0 Å². The molecule has 0 spiro atoms. The Hall–Kier alpha value is -2.69. The fourth-order valence-corrected chi connectivity index (χ4v) is 4.11. The van der Waals surface area contributed by atoms with Crippen LogP contribution in [0.5, 0.6) is 0 Å². The Kier molecular flexibility index (Phi) is 5.70. The van der Waals surface area contributed by atoms with Gasteiger partial charge in [-0.05, 0) is 35.8 Å². The van der Waals surface area contributed by atoms with Crippen LogP contribution in [-0.2, 0) is 0 Å². The number of aromatic amines is 1. The average Bonchev–Trinajstić information content (AvgIpc) is 3.44. The predicted molar refractivity (Wildman–Crippen MR) is 106 cm³/mol. The van der Waals surface area contributed by atoms with Crippen LogP contribution in [0.25, 0.3) is 11.5 Å². The molecule has 1 aliphatic rings. The van der Waals surface area contributed by atoms with Crippen molar-refractivity contribution in [2.24, 2.45) is 0 Å². The number of carbonyl (C=O) groups is 1. The van der Waals surface area contributed by atoms with Gasteiger partial charge in [0, 0.05) is 43.8 Å². The molecule has 1 unspecified atom stereocenters. The summed E-state index contributed by atoms with van der Waals surface area (Å²) >= 11 is 1.73. The topological polar surface area (TPSA) is 103 Å². The minimum Gasteiger partial charge on any atom is -0.350 e. The number of nitrogens with one attached hydrogen (secondary N) is 2. The lowest BCUT2D eigenvalue weighted by molar-refractivity contribution is 0.0890. The lowest BCUT2D eigenvalue weighted by Crippen LogP contribution is -2.48. The smallest absolute Gasteiger partial charge is 0.252 e. The SMILES string of the molecule is CN1CCN(C(CNC(=O)c2ccc(-c3nn[nH]n3)nc2)c2cccs2)CC1. The molecule has 0 aromatic carbocycles. The molecule has 2 N–H and O–H groups in total. The number of nitrogens with zero attached hydrogens (tertiary/aromatic N) is 6. The van der Waals surface area contributed by atoms with Gasteiger partial charge < -0.3 is 10.2 Å². The van der Waals surface area contributed by atoms with Crippen LogP contribution in [0.3, 0.4) is 0 Å². The van der Waals surface area contributed by atoms with Gasteiger partial charge in [-0.2, -0.15) is 5.21 Å². The molecule has 0 aliphatic carbocycles. The van der Waals surface area contributed by atoms with Crippen molar-refractivity contribution in [3.8, 4) is 11.5 Å². The van der Waals surface area contributed by atoms with Gasteiger partial charge >= 0.3 is 0 Å². The third kappa shape index (κ3) is 4.24. The standard InChI is InChI=1S/C18H22N8OS/c1-25-6-8-26(9-7-25)15(16-3-2-10-28-16)12-20-18(27)13-4-5-14(19-11-13)17-21-23-24-22-17/h2-5,10-11,15H,6-9,12H2,1H3,(H,20,27)(H,21,22,23,24). The van der Waals surface area contributed by atoms with Gasteiger partial charge in [0.25, 0.3) is 5.91 Å². The summed E-state index contributed by atoms with van der Waals surface area (Å²) in [7, 11) is 2.14. The predicted octanol–water partition coefficient (Wildman–Crippen LogP) is 1.04. The number of pyridine rings is 1. The molecule has 10 heteroatoms. The second-order valence-electron chi connectivity index (χ2n) is 6.75. The molecule has 9 nitrogen and oxygen atoms in total. The van der Waals surface area contributed by atoms with Gasteiger partial charge in [0.05, 0.1) is 11.6 Å². The van der Waals surface area contributed by atoms with E-state index in [-0.39, 0.29) is 11.9 Å². The zero-order valence-electron chi connectivity index (χ0n) is 15.6. The molecule has 1 aliphatic heterocycles. The Morgan fingerprint density at radius 2 is 2.14 bits per heavy atom. The Morgan fingerprint density at radius 3 is 2.79 bits per heavy atom. The number of tetrazole rings is 1. The first-order valence-electron chi connectivity index (χ1n) is 9.15. The molecular formula is C18H22N8OS. The van der Waals surface area contributed by atoms with Crippen LogP contribution in [0.2, 0.25) is 0 Å². The summed E-state index contributed by atoms with van der Waals surface area (Å²) in [6.07, 6.45) is 1.54. The number of H-pyrrole nitrogens is 1. The van der Waals surface area contributed by atoms with Crippen LogP contribution >= 0.6 is 11.3 Å². The first-order valence-corrected chi connectivity index (χ1v) is 10.0. The molecule has 3 aromatic heterocycles. The molecular weight excluding hydrogens is 376 g/mol. The summed E-state index contributed by atoms with van der Waals surface area (Å²) in [6, 6.07) is 7.83. The van der Waals surface area contributed by atoms with E-state index in [1.807, 2.05) is 0 Å². The third-order valence-corrected chi connectivity index (χ3v) is 5.88. The number of hydrogen-bond donors (Lipinski definition) is 2. The van der Waals surface area contributed by atoms with Gasteiger partial charge in [-0.25, -0.2) is 0 Å². The van der Waals surface area contributed by atoms with Crippen LogP contribution in [0.15, 0.2) is 35.8 Å². The summed E-state index contributed by atoms with van der Waals surface area (Å²) in [5.74, 6) is 0.266. The maximum absolute atomic E-state index is 12.6. The molecule has 1 saturated heterocycles. The van der Waals surface area contributed by atoms with Gasteiger partial charge in [0.1, 0.15) is 5.69 Å². The van der Waals surface area contributed by atoms with E-state index in [0.29, 0.717) is 23.6 Å². The number of likely N-dealkylation sites (N-methyl/N-ethyl adjacent to an activating group) is 1. The molecule has 4 heterocycles. The monoisotopic (exact) mass is 398 g/mol. The van der Waals surface area contributed by atoms with E-state index >= 15 is 0 Å². The molecule has 0 radical (unpaired) electrons. The van der Waals surface area contributed by atoms with E-state index < -0.39 is 0 Å². The van der Waals surface area contributed by atoms with Crippen LogP contribution in [0.1, 0.15) is 21.3 Å². The summed E-state index contributed by atoms with van der Waals surface area (Å²) < 4.78 is 0. The molecule has 146 valence electrons. The summed E-state index contributed by atoms with van der Waals surface area (Å²) in [5.41, 5.74) is 1.08. The number of hydrogen-bond acceptors (Lipinski definition) is 8. The summed E-state index contributed by atoms with van der Waals surface area (Å²) in [5, 5.41) is 18.8. The fraction of sp³-hybridized carbons (Fsp3) is 0.389. The summed E-state index contributed by atoms with van der Waals surface area (Å²) in [6.45, 7) is 4.63. The zero-order chi connectivity index (χ0) is 19.3.